The van der Waals surface area contributed by atoms with Crippen molar-refractivity contribution in [2.75, 3.05) is 13.6 Å². The van der Waals surface area contributed by atoms with E-state index in [2.05, 4.69) is 11.4 Å². The molecule has 1 atom stereocenters. The van der Waals surface area contributed by atoms with E-state index >= 15 is 0 Å². The number of nitrogens with zero attached hydrogens (tertiary/aromatic N) is 2. The van der Waals surface area contributed by atoms with Gasteiger partial charge in [-0.25, -0.2) is 0 Å². The van der Waals surface area contributed by atoms with Crippen LogP contribution < -0.4 is 5.32 Å². The van der Waals surface area contributed by atoms with E-state index in [4.69, 9.17) is 4.42 Å². The van der Waals surface area contributed by atoms with Gasteiger partial charge >= 0.3 is 0 Å². The Balaban J connectivity index is 1.83. The Labute approximate surface area is 119 Å². The molecule has 2 rings (SSSR count). The van der Waals surface area contributed by atoms with Gasteiger partial charge in [0.2, 0.25) is 5.91 Å². The van der Waals surface area contributed by atoms with Gasteiger partial charge in [0.25, 0.3) is 0 Å². The van der Waals surface area contributed by atoms with Gasteiger partial charge in [-0.05, 0) is 51.8 Å². The maximum atomic E-state index is 12.0. The van der Waals surface area contributed by atoms with Crippen LogP contribution in [-0.4, -0.2) is 29.9 Å². The quantitative estimate of drug-likeness (QED) is 0.860. The highest BCUT2D eigenvalue weighted by molar-refractivity contribution is 5.79. The molecule has 1 aliphatic carbocycles. The molecule has 1 aliphatic rings. The second-order valence-corrected chi connectivity index (χ2v) is 5.82. The van der Waals surface area contributed by atoms with Crippen molar-refractivity contribution in [1.82, 2.24) is 10.2 Å². The molecule has 0 radical (unpaired) electrons. The zero-order chi connectivity index (χ0) is 14.8. The highest BCUT2D eigenvalue weighted by atomic mass is 16.3. The Bertz CT molecular complexity index is 527. The number of hydrogen-bond donors (Lipinski definition) is 1. The van der Waals surface area contributed by atoms with E-state index in [9.17, 15) is 10.1 Å². The third-order valence-corrected chi connectivity index (χ3v) is 3.66. The van der Waals surface area contributed by atoms with Gasteiger partial charge < -0.3 is 9.73 Å². The number of carbonyl (C=O) groups excluding carboxylic acids is 1. The molecule has 0 aromatic carbocycles. The van der Waals surface area contributed by atoms with Gasteiger partial charge in [-0.2, -0.15) is 5.26 Å². The predicted octanol–water partition coefficient (Wildman–Crippen LogP) is 1.83. The number of furan rings is 1. The minimum atomic E-state index is -0.723. The Morgan fingerprint density at radius 3 is 2.80 bits per heavy atom. The molecule has 0 saturated heterocycles. The van der Waals surface area contributed by atoms with Crippen LogP contribution in [0.4, 0.5) is 0 Å². The number of nitrogens with one attached hydrogen (secondary N) is 1. The van der Waals surface area contributed by atoms with Gasteiger partial charge in [0.1, 0.15) is 17.1 Å². The molecule has 1 N–H and O–H groups in total. The molecule has 20 heavy (non-hydrogen) atoms. The molecular weight excluding hydrogens is 254 g/mol. The second-order valence-electron chi connectivity index (χ2n) is 5.82. The molecule has 1 heterocycles. The summed E-state index contributed by atoms with van der Waals surface area (Å²) in [6, 6.07) is 6.04. The summed E-state index contributed by atoms with van der Waals surface area (Å²) < 4.78 is 5.48. The number of nitriles is 1. The van der Waals surface area contributed by atoms with E-state index in [-0.39, 0.29) is 12.5 Å². The first-order valence-corrected chi connectivity index (χ1v) is 6.89. The molecule has 0 bridgehead atoms. The fraction of sp³-hybridized carbons (Fsp3) is 0.600. The van der Waals surface area contributed by atoms with E-state index in [1.165, 1.54) is 0 Å². The molecule has 1 amide bonds. The molecular formula is C15H21N3O2. The van der Waals surface area contributed by atoms with Crippen molar-refractivity contribution in [3.8, 4) is 6.07 Å². The lowest BCUT2D eigenvalue weighted by Gasteiger charge is -2.24. The molecule has 5 nitrogen and oxygen atoms in total. The Morgan fingerprint density at radius 2 is 2.30 bits per heavy atom. The first-order valence-electron chi connectivity index (χ1n) is 6.89. The third-order valence-electron chi connectivity index (χ3n) is 3.66. The normalized spacial score (nSPS) is 17.6. The van der Waals surface area contributed by atoms with Crippen LogP contribution in [0.2, 0.25) is 0 Å². The van der Waals surface area contributed by atoms with Crippen molar-refractivity contribution < 1.29 is 9.21 Å². The van der Waals surface area contributed by atoms with Crippen LogP contribution in [-0.2, 0) is 11.3 Å². The zero-order valence-electron chi connectivity index (χ0n) is 12.3. The lowest BCUT2D eigenvalue weighted by Crippen LogP contribution is -2.49. The Hall–Kier alpha value is -1.80. The number of rotatable bonds is 6. The van der Waals surface area contributed by atoms with E-state index in [1.807, 2.05) is 31.0 Å². The van der Waals surface area contributed by atoms with Crippen molar-refractivity contribution in [2.45, 2.75) is 38.8 Å². The summed E-state index contributed by atoms with van der Waals surface area (Å²) in [7, 11) is 1.86. The van der Waals surface area contributed by atoms with Crippen LogP contribution in [0.25, 0.3) is 0 Å². The Kier molecular flexibility index (Phi) is 4.15. The maximum Gasteiger partial charge on any atom is 0.235 e. The molecule has 5 heteroatoms. The van der Waals surface area contributed by atoms with Crippen molar-refractivity contribution >= 4 is 5.91 Å². The average Bonchev–Trinajstić information content (AvgIpc) is 3.14. The summed E-state index contributed by atoms with van der Waals surface area (Å²) in [6.45, 7) is 4.53. The zero-order valence-corrected chi connectivity index (χ0v) is 12.3. The van der Waals surface area contributed by atoms with Gasteiger partial charge in [-0.15, -0.1) is 0 Å². The van der Waals surface area contributed by atoms with Crippen molar-refractivity contribution in [2.24, 2.45) is 5.92 Å². The number of aryl methyl sites for hydroxylation is 1. The van der Waals surface area contributed by atoms with Crippen LogP contribution in [0.3, 0.4) is 0 Å². The molecule has 1 fully saturated rings. The SMILES string of the molecule is Cc1ccc(CN(C)CC(=O)NC(C)(C#N)C2CC2)o1. The van der Waals surface area contributed by atoms with Crippen LogP contribution in [0.1, 0.15) is 31.3 Å². The average molecular weight is 275 g/mol. The smallest absolute Gasteiger partial charge is 0.235 e. The van der Waals surface area contributed by atoms with Gasteiger partial charge in [-0.3, -0.25) is 9.69 Å². The summed E-state index contributed by atoms with van der Waals surface area (Å²) in [4.78, 5) is 13.9. The summed E-state index contributed by atoms with van der Waals surface area (Å²) >= 11 is 0. The van der Waals surface area contributed by atoms with E-state index in [1.54, 1.807) is 6.92 Å². The summed E-state index contributed by atoms with van der Waals surface area (Å²) in [5.41, 5.74) is -0.723. The number of amides is 1. The van der Waals surface area contributed by atoms with Gasteiger partial charge in [0, 0.05) is 0 Å². The van der Waals surface area contributed by atoms with E-state index in [0.29, 0.717) is 12.5 Å². The topological polar surface area (TPSA) is 69.3 Å². The summed E-state index contributed by atoms with van der Waals surface area (Å²) in [5, 5.41) is 12.1. The number of carbonyl (C=O) groups is 1. The van der Waals surface area contributed by atoms with Gasteiger partial charge in [0.15, 0.2) is 0 Å². The van der Waals surface area contributed by atoms with Gasteiger partial charge in [0.05, 0.1) is 19.2 Å². The first kappa shape index (κ1) is 14.6. The van der Waals surface area contributed by atoms with Crippen molar-refractivity contribution in [1.29, 1.82) is 5.26 Å². The molecule has 108 valence electrons. The van der Waals surface area contributed by atoms with Crippen LogP contribution in [0.15, 0.2) is 16.5 Å². The van der Waals surface area contributed by atoms with Crippen LogP contribution in [0.5, 0.6) is 0 Å². The van der Waals surface area contributed by atoms with Crippen molar-refractivity contribution in [3.63, 3.8) is 0 Å². The highest BCUT2D eigenvalue weighted by Crippen LogP contribution is 2.39. The summed E-state index contributed by atoms with van der Waals surface area (Å²) in [5.74, 6) is 1.88. The lowest BCUT2D eigenvalue weighted by atomic mass is 9.98. The number of likely N-dealkylation sites (N-methyl/N-ethyl adjacent to an activating group) is 1. The number of hydrogen-bond acceptors (Lipinski definition) is 4. The fourth-order valence-electron chi connectivity index (χ4n) is 2.35. The molecule has 0 spiro atoms. The second kappa shape index (κ2) is 5.68. The predicted molar refractivity (Wildman–Crippen MR) is 74.7 cm³/mol. The molecule has 1 aromatic rings. The maximum absolute atomic E-state index is 12.0. The minimum absolute atomic E-state index is 0.119. The standard InChI is InChI=1S/C15H21N3O2/c1-11-4-7-13(20-11)8-18(3)9-14(19)17-15(2,10-16)12-5-6-12/h4,7,12H,5-6,8-9H2,1-3H3,(H,17,19). The molecule has 0 aliphatic heterocycles. The fourth-order valence-corrected chi connectivity index (χ4v) is 2.35. The Morgan fingerprint density at radius 1 is 1.60 bits per heavy atom. The molecule has 1 aromatic heterocycles. The third kappa shape index (κ3) is 3.61. The van der Waals surface area contributed by atoms with Crippen LogP contribution >= 0.6 is 0 Å². The monoisotopic (exact) mass is 275 g/mol. The van der Waals surface area contributed by atoms with E-state index in [0.717, 1.165) is 24.4 Å². The summed E-state index contributed by atoms with van der Waals surface area (Å²) in [6.07, 6.45) is 2.04. The van der Waals surface area contributed by atoms with Crippen LogP contribution in [0, 0.1) is 24.2 Å². The van der Waals surface area contributed by atoms with Gasteiger partial charge in [-0.1, -0.05) is 0 Å². The first-order chi connectivity index (χ1) is 9.43. The molecule has 1 saturated carbocycles. The minimum Gasteiger partial charge on any atom is -0.465 e. The highest BCUT2D eigenvalue weighted by Gasteiger charge is 2.43. The molecule has 1 unspecified atom stereocenters. The largest absolute Gasteiger partial charge is 0.465 e. The lowest BCUT2D eigenvalue weighted by molar-refractivity contribution is -0.123. The van der Waals surface area contributed by atoms with E-state index < -0.39 is 5.54 Å². The van der Waals surface area contributed by atoms with Crippen molar-refractivity contribution in [3.05, 3.63) is 23.7 Å².